The van der Waals surface area contributed by atoms with Crippen molar-refractivity contribution >= 4 is 39.0 Å². The Labute approximate surface area is 335 Å². The van der Waals surface area contributed by atoms with Crippen molar-refractivity contribution in [3.05, 3.63) is 175 Å². The summed E-state index contributed by atoms with van der Waals surface area (Å²) in [6.07, 6.45) is 10.6. The Bertz CT molecular complexity index is 2750. The largest absolute Gasteiger partial charge is 0.310 e. The number of nitrogens with zero attached hydrogens (tertiary/aromatic N) is 3. The molecule has 5 aliphatic rings. The lowest BCUT2D eigenvalue weighted by Gasteiger charge is -2.57. The minimum absolute atomic E-state index is 0.0901. The normalized spacial score (nSPS) is 22.5. The summed E-state index contributed by atoms with van der Waals surface area (Å²) in [5, 5.41) is 2.39. The van der Waals surface area contributed by atoms with Crippen molar-refractivity contribution in [2.45, 2.75) is 63.2 Å². The number of anilines is 3. The van der Waals surface area contributed by atoms with Gasteiger partial charge in [-0.05, 0) is 167 Å². The SMILES string of the molecule is CC1(C)c2ccccc2-c2ccc(N(c3ccc(-c4ccc(C56CC7CC(CC(C7)C5)C6)cc4)cc3)c3ccc(-n4c5ccccc5c5cccnc54)cc3)cc21. The van der Waals surface area contributed by atoms with E-state index in [4.69, 9.17) is 4.98 Å². The minimum atomic E-state index is -0.0901. The van der Waals surface area contributed by atoms with Crippen LogP contribution in [0.15, 0.2) is 158 Å². The Balaban J connectivity index is 0.925. The molecule has 5 aliphatic carbocycles. The smallest absolute Gasteiger partial charge is 0.145 e. The van der Waals surface area contributed by atoms with Crippen LogP contribution in [0.5, 0.6) is 0 Å². The first-order valence-corrected chi connectivity index (χ1v) is 21.1. The van der Waals surface area contributed by atoms with Crippen molar-refractivity contribution in [3.8, 4) is 27.9 Å². The van der Waals surface area contributed by atoms with E-state index < -0.39 is 0 Å². The third-order valence-electron chi connectivity index (χ3n) is 14.6. The number of pyridine rings is 1. The van der Waals surface area contributed by atoms with Gasteiger partial charge in [0.2, 0.25) is 0 Å². The fraction of sp³-hybridized carbons (Fsp3) is 0.241. The van der Waals surface area contributed by atoms with Gasteiger partial charge in [-0.3, -0.25) is 4.57 Å². The lowest BCUT2D eigenvalue weighted by Crippen LogP contribution is -2.48. The number of para-hydroxylation sites is 1. The predicted octanol–water partition coefficient (Wildman–Crippen LogP) is 14.1. The highest BCUT2D eigenvalue weighted by molar-refractivity contribution is 6.07. The maximum atomic E-state index is 4.84. The van der Waals surface area contributed by atoms with E-state index in [9.17, 15) is 0 Å². The van der Waals surface area contributed by atoms with Crippen LogP contribution in [0.25, 0.3) is 49.9 Å². The Morgan fingerprint density at radius 1 is 0.544 bits per heavy atom. The van der Waals surface area contributed by atoms with Crippen molar-refractivity contribution in [2.24, 2.45) is 17.8 Å². The van der Waals surface area contributed by atoms with Gasteiger partial charge in [0.15, 0.2) is 0 Å². The molecule has 0 spiro atoms. The van der Waals surface area contributed by atoms with E-state index in [1.54, 1.807) is 5.56 Å². The van der Waals surface area contributed by atoms with Gasteiger partial charge < -0.3 is 4.90 Å². The molecule has 57 heavy (non-hydrogen) atoms. The molecule has 3 heteroatoms. The summed E-state index contributed by atoms with van der Waals surface area (Å²) >= 11 is 0. The third kappa shape index (κ3) is 5.07. The third-order valence-corrected chi connectivity index (χ3v) is 14.6. The van der Waals surface area contributed by atoms with E-state index in [1.165, 1.54) is 82.7 Å². The Hall–Kier alpha value is -5.93. The fourth-order valence-electron chi connectivity index (χ4n) is 12.4. The molecule has 3 nitrogen and oxygen atoms in total. The molecule has 0 saturated heterocycles. The molecular weight excluding hydrogens is 691 g/mol. The second-order valence-corrected chi connectivity index (χ2v) is 18.3. The maximum Gasteiger partial charge on any atom is 0.145 e. The van der Waals surface area contributed by atoms with Crippen LogP contribution in [0.2, 0.25) is 0 Å². The first kappa shape index (κ1) is 33.2. The topological polar surface area (TPSA) is 21.1 Å². The fourth-order valence-corrected chi connectivity index (χ4v) is 12.4. The Kier molecular flexibility index (Phi) is 7.16. The molecule has 0 N–H and O–H groups in total. The monoisotopic (exact) mass is 737 g/mol. The number of fused-ring (bicyclic) bond motifs is 6. The van der Waals surface area contributed by atoms with Crippen molar-refractivity contribution in [1.82, 2.24) is 9.55 Å². The molecule has 0 unspecified atom stereocenters. The molecule has 0 aliphatic heterocycles. The highest BCUT2D eigenvalue weighted by Gasteiger charge is 2.51. The molecular formula is C54H47N3. The van der Waals surface area contributed by atoms with Gasteiger partial charge in [0, 0.05) is 45.1 Å². The number of rotatable bonds is 6. The summed E-state index contributed by atoms with van der Waals surface area (Å²) in [5.74, 6) is 2.88. The molecule has 2 aromatic heterocycles. The average molecular weight is 738 g/mol. The number of aromatic nitrogens is 2. The van der Waals surface area contributed by atoms with Gasteiger partial charge in [0.1, 0.15) is 5.65 Å². The van der Waals surface area contributed by atoms with Gasteiger partial charge in [-0.15, -0.1) is 0 Å². The van der Waals surface area contributed by atoms with Crippen LogP contribution in [0, 0.1) is 17.8 Å². The van der Waals surface area contributed by atoms with Gasteiger partial charge in [0.25, 0.3) is 0 Å². The molecule has 4 saturated carbocycles. The standard InChI is InChI=1S/C54H47N3/c1-53(2)49-11-5-3-8-45(49)46-26-25-44(31-50(46)53)56(42-21-23-43(24-22-42)57-51-12-6-4-9-47(51)48-10-7-27-55-52(48)57)41-19-15-39(16-20-41)38-13-17-40(18-14-38)54-32-35-28-36(33-54)30-37(29-35)34-54/h3-27,31,35-37H,28-30,32-34H2,1-2H3. The van der Waals surface area contributed by atoms with E-state index >= 15 is 0 Å². The Morgan fingerprint density at radius 2 is 1.12 bits per heavy atom. The molecule has 13 rings (SSSR count). The zero-order valence-electron chi connectivity index (χ0n) is 32.8. The summed E-state index contributed by atoms with van der Waals surface area (Å²) in [6, 6.07) is 56.8. The summed E-state index contributed by atoms with van der Waals surface area (Å²) < 4.78 is 2.29. The highest BCUT2D eigenvalue weighted by Crippen LogP contribution is 2.61. The molecule has 0 radical (unpaired) electrons. The van der Waals surface area contributed by atoms with Gasteiger partial charge in [0.05, 0.1) is 5.52 Å². The number of hydrogen-bond acceptors (Lipinski definition) is 2. The number of benzene rings is 6. The van der Waals surface area contributed by atoms with Gasteiger partial charge >= 0.3 is 0 Å². The minimum Gasteiger partial charge on any atom is -0.310 e. The predicted molar refractivity (Wildman–Crippen MR) is 236 cm³/mol. The molecule has 8 aromatic rings. The Morgan fingerprint density at radius 3 is 1.84 bits per heavy atom. The average Bonchev–Trinajstić information content (AvgIpc) is 3.69. The van der Waals surface area contributed by atoms with Crippen molar-refractivity contribution < 1.29 is 0 Å². The van der Waals surface area contributed by atoms with Crippen LogP contribution < -0.4 is 4.90 Å². The summed E-state index contributed by atoms with van der Waals surface area (Å²) in [5.41, 5.74) is 16.6. The van der Waals surface area contributed by atoms with E-state index in [1.807, 2.05) is 12.3 Å². The highest BCUT2D eigenvalue weighted by atomic mass is 15.1. The summed E-state index contributed by atoms with van der Waals surface area (Å²) in [7, 11) is 0. The number of hydrogen-bond donors (Lipinski definition) is 0. The quantitative estimate of drug-likeness (QED) is 0.169. The van der Waals surface area contributed by atoms with Gasteiger partial charge in [-0.25, -0.2) is 4.98 Å². The first-order chi connectivity index (χ1) is 27.9. The van der Waals surface area contributed by atoms with E-state index in [-0.39, 0.29) is 5.41 Å². The van der Waals surface area contributed by atoms with Crippen LogP contribution >= 0.6 is 0 Å². The van der Waals surface area contributed by atoms with Crippen LogP contribution in [-0.4, -0.2) is 9.55 Å². The van der Waals surface area contributed by atoms with E-state index in [2.05, 4.69) is 169 Å². The summed E-state index contributed by atoms with van der Waals surface area (Å²) in [6.45, 7) is 4.73. The van der Waals surface area contributed by atoms with Crippen molar-refractivity contribution in [3.63, 3.8) is 0 Å². The molecule has 6 aromatic carbocycles. The lowest BCUT2D eigenvalue weighted by atomic mass is 9.48. The molecule has 0 atom stereocenters. The maximum absolute atomic E-state index is 4.84. The second-order valence-electron chi connectivity index (χ2n) is 18.3. The van der Waals surface area contributed by atoms with Gasteiger partial charge in [-0.2, -0.15) is 0 Å². The first-order valence-electron chi connectivity index (χ1n) is 21.1. The van der Waals surface area contributed by atoms with Crippen molar-refractivity contribution in [1.29, 1.82) is 0 Å². The lowest BCUT2D eigenvalue weighted by molar-refractivity contribution is -0.00518. The zero-order valence-corrected chi connectivity index (χ0v) is 32.8. The van der Waals surface area contributed by atoms with Crippen LogP contribution in [0.1, 0.15) is 69.1 Å². The molecule has 278 valence electrons. The van der Waals surface area contributed by atoms with Crippen LogP contribution in [-0.2, 0) is 10.8 Å². The molecule has 2 heterocycles. The van der Waals surface area contributed by atoms with Crippen LogP contribution in [0.4, 0.5) is 17.1 Å². The van der Waals surface area contributed by atoms with E-state index in [0.717, 1.165) is 51.7 Å². The van der Waals surface area contributed by atoms with E-state index in [0.29, 0.717) is 5.41 Å². The van der Waals surface area contributed by atoms with Crippen LogP contribution in [0.3, 0.4) is 0 Å². The van der Waals surface area contributed by atoms with Gasteiger partial charge in [-0.1, -0.05) is 98.8 Å². The molecule has 4 fully saturated rings. The summed E-state index contributed by atoms with van der Waals surface area (Å²) in [4.78, 5) is 7.27. The zero-order chi connectivity index (χ0) is 37.9. The van der Waals surface area contributed by atoms with Crippen molar-refractivity contribution in [2.75, 3.05) is 4.90 Å². The second kappa shape index (κ2) is 12.3. The molecule has 4 bridgehead atoms. The molecule has 0 amide bonds.